The van der Waals surface area contributed by atoms with Crippen LogP contribution in [-0.2, 0) is 4.74 Å². The van der Waals surface area contributed by atoms with Crippen molar-refractivity contribution in [3.8, 4) is 5.75 Å². The molecule has 5 nitrogen and oxygen atoms in total. The SMILES string of the molecule is Cc1ccc(C(C)NC(=O)c2cccc(OCC3CCCO3)c2)o1. The highest BCUT2D eigenvalue weighted by Crippen LogP contribution is 2.19. The Bertz CT molecular complexity index is 688. The van der Waals surface area contributed by atoms with Crippen LogP contribution in [0.3, 0.4) is 0 Å². The first-order valence-corrected chi connectivity index (χ1v) is 8.33. The van der Waals surface area contributed by atoms with Crippen LogP contribution in [0.25, 0.3) is 0 Å². The van der Waals surface area contributed by atoms with Crippen molar-refractivity contribution in [2.45, 2.75) is 38.8 Å². The Balaban J connectivity index is 1.58. The topological polar surface area (TPSA) is 60.7 Å². The molecule has 1 aromatic carbocycles. The minimum Gasteiger partial charge on any atom is -0.491 e. The number of nitrogens with one attached hydrogen (secondary N) is 1. The fraction of sp³-hybridized carbons (Fsp3) is 0.421. The van der Waals surface area contributed by atoms with Crippen molar-refractivity contribution in [2.24, 2.45) is 0 Å². The maximum absolute atomic E-state index is 12.4. The Kier molecular flexibility index (Phi) is 5.20. The highest BCUT2D eigenvalue weighted by molar-refractivity contribution is 5.94. The minimum atomic E-state index is -0.192. The van der Waals surface area contributed by atoms with Crippen molar-refractivity contribution < 1.29 is 18.7 Å². The van der Waals surface area contributed by atoms with Gasteiger partial charge in [0.15, 0.2) is 0 Å². The van der Waals surface area contributed by atoms with E-state index in [1.807, 2.05) is 38.1 Å². The fourth-order valence-electron chi connectivity index (χ4n) is 2.73. The summed E-state index contributed by atoms with van der Waals surface area (Å²) in [6.07, 6.45) is 2.27. The Labute approximate surface area is 141 Å². The maximum atomic E-state index is 12.4. The number of amides is 1. The number of rotatable bonds is 6. The van der Waals surface area contributed by atoms with Crippen LogP contribution >= 0.6 is 0 Å². The molecule has 0 bridgehead atoms. The summed E-state index contributed by atoms with van der Waals surface area (Å²) in [5, 5.41) is 2.94. The molecule has 1 aliphatic heterocycles. The molecule has 0 aliphatic carbocycles. The van der Waals surface area contributed by atoms with Crippen molar-refractivity contribution in [3.63, 3.8) is 0 Å². The molecule has 1 aromatic heterocycles. The average molecular weight is 329 g/mol. The van der Waals surface area contributed by atoms with E-state index in [1.54, 1.807) is 12.1 Å². The molecular weight excluding hydrogens is 306 g/mol. The number of furan rings is 1. The molecule has 2 heterocycles. The van der Waals surface area contributed by atoms with Gasteiger partial charge in [-0.15, -0.1) is 0 Å². The van der Waals surface area contributed by atoms with E-state index in [9.17, 15) is 4.79 Å². The standard InChI is InChI=1S/C19H23NO4/c1-13-8-9-18(24-13)14(2)20-19(21)15-5-3-6-16(11-15)23-12-17-7-4-10-22-17/h3,5-6,8-9,11,14,17H,4,7,10,12H2,1-2H3,(H,20,21). The molecule has 24 heavy (non-hydrogen) atoms. The van der Waals surface area contributed by atoms with Gasteiger partial charge >= 0.3 is 0 Å². The van der Waals surface area contributed by atoms with Gasteiger partial charge in [0.2, 0.25) is 0 Å². The third-order valence-corrected chi connectivity index (χ3v) is 4.09. The van der Waals surface area contributed by atoms with E-state index in [-0.39, 0.29) is 18.1 Å². The first kappa shape index (κ1) is 16.6. The summed E-state index contributed by atoms with van der Waals surface area (Å²) >= 11 is 0. The molecule has 0 saturated carbocycles. The lowest BCUT2D eigenvalue weighted by Crippen LogP contribution is -2.26. The fourth-order valence-corrected chi connectivity index (χ4v) is 2.73. The lowest BCUT2D eigenvalue weighted by atomic mass is 10.1. The van der Waals surface area contributed by atoms with E-state index < -0.39 is 0 Å². The zero-order valence-electron chi connectivity index (χ0n) is 14.1. The number of ether oxygens (including phenoxy) is 2. The first-order chi connectivity index (χ1) is 11.6. The average Bonchev–Trinajstić information content (AvgIpc) is 3.24. The van der Waals surface area contributed by atoms with Gasteiger partial charge in [0, 0.05) is 12.2 Å². The summed E-state index contributed by atoms with van der Waals surface area (Å²) in [4.78, 5) is 12.4. The molecular formula is C19H23NO4. The van der Waals surface area contributed by atoms with Gasteiger partial charge in [-0.1, -0.05) is 6.07 Å². The van der Waals surface area contributed by atoms with Crippen molar-refractivity contribution in [2.75, 3.05) is 13.2 Å². The Morgan fingerprint density at radius 3 is 2.96 bits per heavy atom. The predicted molar refractivity (Wildman–Crippen MR) is 90.2 cm³/mol. The summed E-state index contributed by atoms with van der Waals surface area (Å²) in [6, 6.07) is 10.8. The van der Waals surface area contributed by atoms with E-state index in [2.05, 4.69) is 5.32 Å². The smallest absolute Gasteiger partial charge is 0.251 e. The highest BCUT2D eigenvalue weighted by atomic mass is 16.5. The van der Waals surface area contributed by atoms with Gasteiger partial charge in [0.05, 0.1) is 12.1 Å². The summed E-state index contributed by atoms with van der Waals surface area (Å²) < 4.78 is 16.8. The molecule has 2 aromatic rings. The Hall–Kier alpha value is -2.27. The van der Waals surface area contributed by atoms with Gasteiger partial charge in [0.1, 0.15) is 23.9 Å². The summed E-state index contributed by atoms with van der Waals surface area (Å²) in [5.74, 6) is 2.10. The van der Waals surface area contributed by atoms with Gasteiger partial charge in [-0.25, -0.2) is 0 Å². The third kappa shape index (κ3) is 4.17. The van der Waals surface area contributed by atoms with Gasteiger partial charge in [-0.3, -0.25) is 4.79 Å². The Morgan fingerprint density at radius 1 is 1.38 bits per heavy atom. The number of hydrogen-bond acceptors (Lipinski definition) is 4. The Morgan fingerprint density at radius 2 is 2.25 bits per heavy atom. The maximum Gasteiger partial charge on any atom is 0.251 e. The number of carbonyl (C=O) groups excluding carboxylic acids is 1. The summed E-state index contributed by atoms with van der Waals surface area (Å²) in [5.41, 5.74) is 0.565. The molecule has 1 aliphatic rings. The lowest BCUT2D eigenvalue weighted by molar-refractivity contribution is 0.0679. The molecule has 0 radical (unpaired) electrons. The second-order valence-corrected chi connectivity index (χ2v) is 6.12. The zero-order valence-corrected chi connectivity index (χ0v) is 14.1. The van der Waals surface area contributed by atoms with Crippen LogP contribution in [0.2, 0.25) is 0 Å². The second kappa shape index (κ2) is 7.53. The lowest BCUT2D eigenvalue weighted by Gasteiger charge is -2.14. The molecule has 1 fully saturated rings. The van der Waals surface area contributed by atoms with Crippen molar-refractivity contribution in [1.29, 1.82) is 0 Å². The molecule has 1 amide bonds. The second-order valence-electron chi connectivity index (χ2n) is 6.12. The van der Waals surface area contributed by atoms with E-state index in [0.717, 1.165) is 31.0 Å². The predicted octanol–water partition coefficient (Wildman–Crippen LogP) is 3.64. The van der Waals surface area contributed by atoms with Gasteiger partial charge < -0.3 is 19.2 Å². The van der Waals surface area contributed by atoms with E-state index >= 15 is 0 Å². The van der Waals surface area contributed by atoms with Crippen LogP contribution in [0.15, 0.2) is 40.8 Å². The number of benzene rings is 1. The molecule has 1 saturated heterocycles. The van der Waals surface area contributed by atoms with E-state index in [1.165, 1.54) is 0 Å². The minimum absolute atomic E-state index is 0.154. The number of hydrogen-bond donors (Lipinski definition) is 1. The van der Waals surface area contributed by atoms with Gasteiger partial charge in [-0.2, -0.15) is 0 Å². The third-order valence-electron chi connectivity index (χ3n) is 4.09. The monoisotopic (exact) mass is 329 g/mol. The van der Waals surface area contributed by atoms with E-state index in [0.29, 0.717) is 17.9 Å². The van der Waals surface area contributed by atoms with Crippen LogP contribution in [0, 0.1) is 6.92 Å². The van der Waals surface area contributed by atoms with Crippen LogP contribution < -0.4 is 10.1 Å². The van der Waals surface area contributed by atoms with Gasteiger partial charge in [0.25, 0.3) is 5.91 Å². The van der Waals surface area contributed by atoms with Crippen LogP contribution in [0.5, 0.6) is 5.75 Å². The molecule has 128 valence electrons. The number of aryl methyl sites for hydroxylation is 1. The largest absolute Gasteiger partial charge is 0.491 e. The zero-order chi connectivity index (χ0) is 16.9. The molecule has 0 spiro atoms. The molecule has 2 unspecified atom stereocenters. The normalized spacial score (nSPS) is 18.3. The van der Waals surface area contributed by atoms with E-state index in [4.69, 9.17) is 13.9 Å². The first-order valence-electron chi connectivity index (χ1n) is 8.33. The van der Waals surface area contributed by atoms with Crippen molar-refractivity contribution in [3.05, 3.63) is 53.5 Å². The highest BCUT2D eigenvalue weighted by Gasteiger charge is 2.17. The molecule has 5 heteroatoms. The molecule has 3 rings (SSSR count). The van der Waals surface area contributed by atoms with Crippen molar-refractivity contribution in [1.82, 2.24) is 5.32 Å². The quantitative estimate of drug-likeness (QED) is 0.879. The summed E-state index contributed by atoms with van der Waals surface area (Å²) in [7, 11) is 0. The van der Waals surface area contributed by atoms with Crippen LogP contribution in [0.4, 0.5) is 0 Å². The molecule has 2 atom stereocenters. The summed E-state index contributed by atoms with van der Waals surface area (Å²) in [6.45, 7) is 5.11. The number of carbonyl (C=O) groups is 1. The van der Waals surface area contributed by atoms with Crippen molar-refractivity contribution >= 4 is 5.91 Å². The van der Waals surface area contributed by atoms with Crippen LogP contribution in [0.1, 0.15) is 47.7 Å². The van der Waals surface area contributed by atoms with Crippen LogP contribution in [-0.4, -0.2) is 25.2 Å². The molecule has 1 N–H and O–H groups in total. The van der Waals surface area contributed by atoms with Gasteiger partial charge in [-0.05, 0) is 57.0 Å².